The lowest BCUT2D eigenvalue weighted by molar-refractivity contribution is -0.123. The van der Waals surface area contributed by atoms with Crippen LogP contribution in [0, 0.1) is 0 Å². The van der Waals surface area contributed by atoms with Gasteiger partial charge in [0.05, 0.1) is 12.1 Å². The van der Waals surface area contributed by atoms with Gasteiger partial charge >= 0.3 is 0 Å². The van der Waals surface area contributed by atoms with Crippen LogP contribution >= 0.6 is 0 Å². The second-order valence-corrected chi connectivity index (χ2v) is 5.23. The van der Waals surface area contributed by atoms with Crippen molar-refractivity contribution in [2.24, 2.45) is 5.73 Å². The summed E-state index contributed by atoms with van der Waals surface area (Å²) in [7, 11) is 0. The van der Waals surface area contributed by atoms with Crippen LogP contribution in [0.3, 0.4) is 0 Å². The Balaban J connectivity index is 1.97. The van der Waals surface area contributed by atoms with Crippen LogP contribution in [0.1, 0.15) is 37.8 Å². The molecule has 18 heavy (non-hydrogen) atoms. The third kappa shape index (κ3) is 2.72. The molecule has 1 heterocycles. The van der Waals surface area contributed by atoms with E-state index in [1.807, 2.05) is 26.0 Å². The summed E-state index contributed by atoms with van der Waals surface area (Å²) < 4.78 is 5.46. The largest absolute Gasteiger partial charge is 0.493 e. The van der Waals surface area contributed by atoms with Crippen molar-refractivity contribution in [1.29, 1.82) is 0 Å². The van der Waals surface area contributed by atoms with E-state index in [9.17, 15) is 4.79 Å². The lowest BCUT2D eigenvalue weighted by atomic mass is 9.90. The standard InChI is InChI=1S/C15H21NO2/c1-3-15(2,16)14(17)7-5-11-4-6-13-12(10-11)8-9-18-13/h4,6,10H,3,5,7-9,16H2,1-2H3. The van der Waals surface area contributed by atoms with Gasteiger partial charge in [0.15, 0.2) is 5.78 Å². The van der Waals surface area contributed by atoms with Crippen molar-refractivity contribution in [2.45, 2.75) is 45.1 Å². The fraction of sp³-hybridized carbons (Fsp3) is 0.533. The van der Waals surface area contributed by atoms with Crippen LogP contribution < -0.4 is 10.5 Å². The minimum absolute atomic E-state index is 0.141. The van der Waals surface area contributed by atoms with Crippen molar-refractivity contribution in [1.82, 2.24) is 0 Å². The summed E-state index contributed by atoms with van der Waals surface area (Å²) in [6.07, 6.45) is 2.93. The minimum atomic E-state index is -0.681. The van der Waals surface area contributed by atoms with E-state index in [-0.39, 0.29) is 5.78 Å². The number of hydrogen-bond acceptors (Lipinski definition) is 3. The van der Waals surface area contributed by atoms with Crippen LogP contribution in [-0.4, -0.2) is 17.9 Å². The number of ketones is 1. The Bertz CT molecular complexity index is 452. The highest BCUT2D eigenvalue weighted by molar-refractivity contribution is 5.87. The van der Waals surface area contributed by atoms with Gasteiger partial charge in [-0.3, -0.25) is 4.79 Å². The zero-order valence-corrected chi connectivity index (χ0v) is 11.2. The first-order valence-electron chi connectivity index (χ1n) is 6.59. The second-order valence-electron chi connectivity index (χ2n) is 5.23. The Labute approximate surface area is 108 Å². The molecule has 0 radical (unpaired) electrons. The summed E-state index contributed by atoms with van der Waals surface area (Å²) in [5.41, 5.74) is 7.71. The molecule has 1 aliphatic rings. The van der Waals surface area contributed by atoms with Crippen LogP contribution in [0.5, 0.6) is 5.75 Å². The zero-order chi connectivity index (χ0) is 13.2. The molecule has 0 aromatic heterocycles. The van der Waals surface area contributed by atoms with Crippen LogP contribution in [0.2, 0.25) is 0 Å². The number of Topliss-reactive ketones (excluding diaryl/α,β-unsaturated/α-hetero) is 1. The predicted octanol–water partition coefficient (Wildman–Crippen LogP) is 2.25. The number of carbonyl (C=O) groups excluding carboxylic acids is 1. The predicted molar refractivity (Wildman–Crippen MR) is 71.9 cm³/mol. The van der Waals surface area contributed by atoms with Crippen molar-refractivity contribution >= 4 is 5.78 Å². The highest BCUT2D eigenvalue weighted by Crippen LogP contribution is 2.26. The average Bonchev–Trinajstić information content (AvgIpc) is 2.83. The van der Waals surface area contributed by atoms with Crippen LogP contribution in [0.4, 0.5) is 0 Å². The molecule has 0 amide bonds. The summed E-state index contributed by atoms with van der Waals surface area (Å²) in [5.74, 6) is 1.13. The number of fused-ring (bicyclic) bond motifs is 1. The highest BCUT2D eigenvalue weighted by atomic mass is 16.5. The molecule has 3 heteroatoms. The Morgan fingerprint density at radius 1 is 1.50 bits per heavy atom. The SMILES string of the molecule is CCC(C)(N)C(=O)CCc1ccc2c(c1)CCO2. The maximum atomic E-state index is 12.0. The first-order chi connectivity index (χ1) is 8.53. The number of aryl methyl sites for hydroxylation is 1. The van der Waals surface area contributed by atoms with Crippen molar-refractivity contribution in [3.8, 4) is 5.75 Å². The molecule has 3 nitrogen and oxygen atoms in total. The maximum absolute atomic E-state index is 12.0. The molecule has 2 rings (SSSR count). The first-order valence-corrected chi connectivity index (χ1v) is 6.59. The van der Waals surface area contributed by atoms with E-state index in [0.29, 0.717) is 12.8 Å². The molecule has 1 atom stereocenters. The Morgan fingerprint density at radius 2 is 2.28 bits per heavy atom. The molecule has 1 unspecified atom stereocenters. The van der Waals surface area contributed by atoms with Crippen molar-refractivity contribution in [2.75, 3.05) is 6.61 Å². The van der Waals surface area contributed by atoms with E-state index < -0.39 is 5.54 Å². The molecule has 0 fully saturated rings. The number of nitrogens with two attached hydrogens (primary N) is 1. The first kappa shape index (κ1) is 13.1. The van der Waals surface area contributed by atoms with Crippen LogP contribution in [-0.2, 0) is 17.6 Å². The molecule has 0 saturated carbocycles. The fourth-order valence-corrected chi connectivity index (χ4v) is 2.14. The van der Waals surface area contributed by atoms with Crippen molar-refractivity contribution in [3.05, 3.63) is 29.3 Å². The van der Waals surface area contributed by atoms with Gasteiger partial charge in [-0.2, -0.15) is 0 Å². The van der Waals surface area contributed by atoms with Crippen LogP contribution in [0.15, 0.2) is 18.2 Å². The lowest BCUT2D eigenvalue weighted by Gasteiger charge is -2.20. The van der Waals surface area contributed by atoms with Gasteiger partial charge in [0.1, 0.15) is 5.75 Å². The Kier molecular flexibility index (Phi) is 3.71. The summed E-state index contributed by atoms with van der Waals surface area (Å²) >= 11 is 0. The van der Waals surface area contributed by atoms with Crippen molar-refractivity contribution in [3.63, 3.8) is 0 Å². The molecule has 1 aromatic rings. The van der Waals surface area contributed by atoms with E-state index in [2.05, 4.69) is 6.07 Å². The molecule has 1 aromatic carbocycles. The van der Waals surface area contributed by atoms with Gasteiger partial charge in [-0.05, 0) is 37.0 Å². The van der Waals surface area contributed by atoms with Gasteiger partial charge < -0.3 is 10.5 Å². The average molecular weight is 247 g/mol. The quantitative estimate of drug-likeness (QED) is 0.868. The number of benzene rings is 1. The molecule has 2 N–H and O–H groups in total. The van der Waals surface area contributed by atoms with E-state index in [4.69, 9.17) is 10.5 Å². The summed E-state index contributed by atoms with van der Waals surface area (Å²) in [6.45, 7) is 4.53. The van der Waals surface area contributed by atoms with Gasteiger partial charge in [-0.25, -0.2) is 0 Å². The number of carbonyl (C=O) groups is 1. The molecule has 0 spiro atoms. The van der Waals surface area contributed by atoms with Crippen LogP contribution in [0.25, 0.3) is 0 Å². The third-order valence-corrected chi connectivity index (χ3v) is 3.77. The van der Waals surface area contributed by atoms with E-state index in [0.717, 1.165) is 25.2 Å². The minimum Gasteiger partial charge on any atom is -0.493 e. The topological polar surface area (TPSA) is 52.3 Å². The van der Waals surface area contributed by atoms with Gasteiger partial charge in [-0.15, -0.1) is 0 Å². The number of ether oxygens (including phenoxy) is 1. The molecule has 0 aliphatic carbocycles. The number of hydrogen-bond donors (Lipinski definition) is 1. The van der Waals surface area contributed by atoms with E-state index >= 15 is 0 Å². The van der Waals surface area contributed by atoms with E-state index in [1.165, 1.54) is 11.1 Å². The second kappa shape index (κ2) is 5.11. The van der Waals surface area contributed by atoms with Gasteiger partial charge in [0.2, 0.25) is 0 Å². The molecular formula is C15H21NO2. The third-order valence-electron chi connectivity index (χ3n) is 3.77. The smallest absolute Gasteiger partial charge is 0.152 e. The number of rotatable bonds is 5. The van der Waals surface area contributed by atoms with E-state index in [1.54, 1.807) is 0 Å². The Morgan fingerprint density at radius 3 is 3.00 bits per heavy atom. The normalized spacial score (nSPS) is 16.8. The van der Waals surface area contributed by atoms with Gasteiger partial charge in [-0.1, -0.05) is 19.1 Å². The lowest BCUT2D eigenvalue weighted by Crippen LogP contribution is -2.44. The summed E-state index contributed by atoms with van der Waals surface area (Å²) in [6, 6.07) is 6.19. The highest BCUT2D eigenvalue weighted by Gasteiger charge is 2.25. The summed E-state index contributed by atoms with van der Waals surface area (Å²) in [5, 5.41) is 0. The molecular weight excluding hydrogens is 226 g/mol. The molecule has 0 bridgehead atoms. The molecule has 0 saturated heterocycles. The monoisotopic (exact) mass is 247 g/mol. The van der Waals surface area contributed by atoms with Gasteiger partial charge in [0, 0.05) is 12.8 Å². The maximum Gasteiger partial charge on any atom is 0.152 e. The molecule has 98 valence electrons. The van der Waals surface area contributed by atoms with Crippen molar-refractivity contribution < 1.29 is 9.53 Å². The Hall–Kier alpha value is -1.35. The zero-order valence-electron chi connectivity index (χ0n) is 11.2. The summed E-state index contributed by atoms with van der Waals surface area (Å²) in [4.78, 5) is 12.0. The van der Waals surface area contributed by atoms with Gasteiger partial charge in [0.25, 0.3) is 0 Å². The molecule has 1 aliphatic heterocycles. The fourth-order valence-electron chi connectivity index (χ4n) is 2.14.